The highest BCUT2D eigenvalue weighted by atomic mass is 32.2. The fourth-order valence-electron chi connectivity index (χ4n) is 1.76. The van der Waals surface area contributed by atoms with E-state index in [2.05, 4.69) is 15.6 Å². The van der Waals surface area contributed by atoms with Crippen LogP contribution in [-0.4, -0.2) is 50.2 Å². The predicted octanol–water partition coefficient (Wildman–Crippen LogP) is -0.677. The molecule has 0 aliphatic rings. The van der Waals surface area contributed by atoms with Gasteiger partial charge >= 0.3 is 11.4 Å². The van der Waals surface area contributed by atoms with E-state index in [1.807, 2.05) is 10.1 Å². The van der Waals surface area contributed by atoms with Crippen molar-refractivity contribution in [1.29, 1.82) is 0 Å². The number of rotatable bonds is 7. The molecule has 0 fully saturated rings. The van der Waals surface area contributed by atoms with Gasteiger partial charge in [-0.2, -0.15) is 10.2 Å². The average molecular weight is 396 g/mol. The highest BCUT2D eigenvalue weighted by Gasteiger charge is 2.19. The third-order valence-corrected chi connectivity index (χ3v) is 3.87. The first kappa shape index (κ1) is 19.6. The Kier molecular flexibility index (Phi) is 6.27. The Morgan fingerprint density at radius 3 is 2.89 bits per heavy atom. The van der Waals surface area contributed by atoms with Crippen molar-refractivity contribution in [3.63, 3.8) is 0 Å². The number of hydrazone groups is 1. The molecule has 1 heterocycles. The van der Waals surface area contributed by atoms with Gasteiger partial charge in [0, 0.05) is 11.6 Å². The number of carbonyl (C=O) groups is 1. The van der Waals surface area contributed by atoms with E-state index in [1.54, 1.807) is 0 Å². The van der Waals surface area contributed by atoms with E-state index in [9.17, 15) is 29.6 Å². The maximum atomic E-state index is 11.7. The minimum Gasteiger partial charge on any atom is -0.500 e. The number of nitro groups is 1. The minimum absolute atomic E-state index is 0.104. The molecule has 0 unspecified atom stereocenters. The van der Waals surface area contributed by atoms with E-state index in [1.165, 1.54) is 13.2 Å². The number of nitro benzene ring substituents is 1. The summed E-state index contributed by atoms with van der Waals surface area (Å²) >= 11 is 0.771. The zero-order chi connectivity index (χ0) is 20.0. The molecule has 0 spiro atoms. The molecule has 0 atom stereocenters. The van der Waals surface area contributed by atoms with Gasteiger partial charge in [-0.1, -0.05) is 11.8 Å². The minimum atomic E-state index is -0.793. The second kappa shape index (κ2) is 8.61. The zero-order valence-corrected chi connectivity index (χ0v) is 14.4. The molecule has 2 rings (SSSR count). The van der Waals surface area contributed by atoms with E-state index in [0.717, 1.165) is 24.0 Å². The maximum absolute atomic E-state index is 11.7. The number of carbonyl (C=O) groups excluding carboxylic acids is 1. The van der Waals surface area contributed by atoms with Crippen LogP contribution < -0.4 is 21.4 Å². The lowest BCUT2D eigenvalue weighted by atomic mass is 10.2. The summed E-state index contributed by atoms with van der Waals surface area (Å²) < 4.78 is 4.84. The Hall–Kier alpha value is -3.68. The van der Waals surface area contributed by atoms with Crippen molar-refractivity contribution < 1.29 is 19.6 Å². The molecule has 2 aromatic rings. The van der Waals surface area contributed by atoms with Crippen molar-refractivity contribution in [2.45, 2.75) is 5.03 Å². The molecule has 0 aliphatic carbocycles. The van der Waals surface area contributed by atoms with Gasteiger partial charge in [0.25, 0.3) is 5.56 Å². The number of hydrogen-bond acceptors (Lipinski definition) is 10. The maximum Gasteiger partial charge on any atom is 0.342 e. The number of amides is 1. The zero-order valence-electron chi connectivity index (χ0n) is 13.6. The number of hydrogen-bond donors (Lipinski definition) is 4. The highest BCUT2D eigenvalue weighted by Crippen LogP contribution is 2.36. The fraction of sp³-hybridized carbons (Fsp3) is 0.154. The molecule has 1 amide bonds. The SMILES string of the molecule is COc1cc(/C=N\NC(=O)CSc2n[nH]c(=O)[nH]c2=O)cc([N+](=O)[O-])c1O. The lowest BCUT2D eigenvalue weighted by Gasteiger charge is -2.05. The summed E-state index contributed by atoms with van der Waals surface area (Å²) in [5.41, 5.74) is 0.273. The number of nitrogens with zero attached hydrogens (tertiary/aromatic N) is 3. The van der Waals surface area contributed by atoms with Crippen LogP contribution in [0.1, 0.15) is 5.56 Å². The van der Waals surface area contributed by atoms with Gasteiger partial charge in [0.2, 0.25) is 11.7 Å². The van der Waals surface area contributed by atoms with Crippen LogP contribution >= 0.6 is 11.8 Å². The van der Waals surface area contributed by atoms with Crippen LogP contribution in [0.25, 0.3) is 0 Å². The summed E-state index contributed by atoms with van der Waals surface area (Å²) in [6, 6.07) is 2.34. The Bertz CT molecular complexity index is 1010. The Morgan fingerprint density at radius 1 is 1.52 bits per heavy atom. The van der Waals surface area contributed by atoms with Gasteiger partial charge in [0.1, 0.15) is 0 Å². The van der Waals surface area contributed by atoms with Crippen LogP contribution in [0, 0.1) is 10.1 Å². The first-order chi connectivity index (χ1) is 12.8. The van der Waals surface area contributed by atoms with Crippen molar-refractivity contribution in [3.8, 4) is 11.5 Å². The lowest BCUT2D eigenvalue weighted by molar-refractivity contribution is -0.386. The Morgan fingerprint density at radius 2 is 2.26 bits per heavy atom. The predicted molar refractivity (Wildman–Crippen MR) is 93.3 cm³/mol. The third-order valence-electron chi connectivity index (χ3n) is 2.92. The summed E-state index contributed by atoms with van der Waals surface area (Å²) in [6.07, 6.45) is 1.11. The number of benzene rings is 1. The normalized spacial score (nSPS) is 10.7. The van der Waals surface area contributed by atoms with E-state index < -0.39 is 33.5 Å². The third kappa shape index (κ3) is 5.15. The van der Waals surface area contributed by atoms with Crippen molar-refractivity contribution >= 4 is 29.6 Å². The second-order valence-corrected chi connectivity index (χ2v) is 5.71. The number of aromatic hydroxyl groups is 1. The summed E-state index contributed by atoms with van der Waals surface area (Å²) in [6.45, 7) is 0. The number of methoxy groups -OCH3 is 1. The van der Waals surface area contributed by atoms with Crippen molar-refractivity contribution in [2.24, 2.45) is 5.10 Å². The van der Waals surface area contributed by atoms with Crippen LogP contribution in [0.15, 0.2) is 31.8 Å². The van der Waals surface area contributed by atoms with Gasteiger partial charge in [-0.05, 0) is 6.07 Å². The highest BCUT2D eigenvalue weighted by molar-refractivity contribution is 7.99. The van der Waals surface area contributed by atoms with Crippen molar-refractivity contribution in [1.82, 2.24) is 20.6 Å². The molecule has 0 bridgehead atoms. The standard InChI is InChI=1S/C13H12N6O7S/c1-26-8-3-6(2-7(10(8)21)19(24)25)4-14-16-9(20)5-27-12-11(22)15-13(23)18-17-12/h2-4,21H,5H2,1H3,(H,16,20)(H2,15,18,22,23)/b14-4-. The second-order valence-electron chi connectivity index (χ2n) is 4.74. The van der Waals surface area contributed by atoms with Crippen LogP contribution in [0.2, 0.25) is 0 Å². The average Bonchev–Trinajstić information content (AvgIpc) is 2.61. The van der Waals surface area contributed by atoms with Crippen LogP contribution in [0.5, 0.6) is 11.5 Å². The molecule has 0 saturated heterocycles. The number of aromatic amines is 2. The number of phenols is 1. The number of thioether (sulfide) groups is 1. The van der Waals surface area contributed by atoms with Gasteiger partial charge in [-0.15, -0.1) is 0 Å². The first-order valence-electron chi connectivity index (χ1n) is 7.01. The molecule has 4 N–H and O–H groups in total. The summed E-state index contributed by atoms with van der Waals surface area (Å²) in [5, 5.41) is 29.6. The molecule has 0 aliphatic heterocycles. The summed E-state index contributed by atoms with van der Waals surface area (Å²) in [4.78, 5) is 46.0. The Labute approximate surface area is 153 Å². The molecule has 14 heteroatoms. The van der Waals surface area contributed by atoms with Crippen LogP contribution in [0.4, 0.5) is 5.69 Å². The Balaban J connectivity index is 2.01. The molecule has 0 radical (unpaired) electrons. The molecule has 27 heavy (non-hydrogen) atoms. The van der Waals surface area contributed by atoms with Gasteiger partial charge in [-0.25, -0.2) is 15.3 Å². The molecule has 1 aromatic carbocycles. The number of H-pyrrole nitrogens is 2. The van der Waals surface area contributed by atoms with E-state index in [-0.39, 0.29) is 22.1 Å². The van der Waals surface area contributed by atoms with E-state index in [4.69, 9.17) is 4.74 Å². The summed E-state index contributed by atoms with van der Waals surface area (Å²) in [7, 11) is 1.23. The van der Waals surface area contributed by atoms with Crippen molar-refractivity contribution in [2.75, 3.05) is 12.9 Å². The van der Waals surface area contributed by atoms with Crippen molar-refractivity contribution in [3.05, 3.63) is 48.6 Å². The quantitative estimate of drug-likeness (QED) is 0.203. The topological polar surface area (TPSA) is 193 Å². The molecular formula is C13H12N6O7S. The summed E-state index contributed by atoms with van der Waals surface area (Å²) in [5.74, 6) is -1.57. The van der Waals surface area contributed by atoms with E-state index >= 15 is 0 Å². The van der Waals surface area contributed by atoms with Gasteiger partial charge < -0.3 is 9.84 Å². The van der Waals surface area contributed by atoms with Crippen LogP contribution in [0.3, 0.4) is 0 Å². The van der Waals surface area contributed by atoms with Gasteiger partial charge in [-0.3, -0.25) is 24.7 Å². The largest absolute Gasteiger partial charge is 0.500 e. The van der Waals surface area contributed by atoms with E-state index in [0.29, 0.717) is 0 Å². The number of ether oxygens (including phenoxy) is 1. The lowest BCUT2D eigenvalue weighted by Crippen LogP contribution is -2.26. The number of nitrogens with one attached hydrogen (secondary N) is 3. The molecule has 142 valence electrons. The fourth-order valence-corrected chi connectivity index (χ4v) is 2.39. The molecule has 1 aromatic heterocycles. The molecule has 13 nitrogen and oxygen atoms in total. The first-order valence-corrected chi connectivity index (χ1v) is 7.99. The van der Waals surface area contributed by atoms with Gasteiger partial charge in [0.15, 0.2) is 10.8 Å². The van der Waals surface area contributed by atoms with Crippen LogP contribution in [-0.2, 0) is 4.79 Å². The monoisotopic (exact) mass is 396 g/mol. The molecular weight excluding hydrogens is 384 g/mol. The smallest absolute Gasteiger partial charge is 0.342 e. The number of phenolic OH excluding ortho intramolecular Hbond substituents is 1. The molecule has 0 saturated carbocycles. The number of aromatic nitrogens is 3. The van der Waals surface area contributed by atoms with Gasteiger partial charge in [0.05, 0.1) is 24.0 Å².